The van der Waals surface area contributed by atoms with Crippen LogP contribution in [0.15, 0.2) is 29.3 Å². The number of hydrogen-bond acceptors (Lipinski definition) is 2. The van der Waals surface area contributed by atoms with Crippen LogP contribution >= 0.6 is 0 Å². The number of nitrogens with zero attached hydrogens (tertiary/aromatic N) is 2. The van der Waals surface area contributed by atoms with Crippen molar-refractivity contribution in [1.82, 2.24) is 15.5 Å². The lowest BCUT2D eigenvalue weighted by atomic mass is 10.2. The zero-order valence-electron chi connectivity index (χ0n) is 13.4. The standard InChI is InChI=1S/C15H16F5N5/c1-8(2)22-14(21-7-9-3-4-10(16)11(17)5-9)23-13-6-12(24-25-13)15(18,19)20/h3-6,8H,7H2,1-2H3,(H3,21,22,23,24,25). The van der Waals surface area contributed by atoms with Crippen molar-refractivity contribution >= 4 is 11.8 Å². The summed E-state index contributed by atoms with van der Waals surface area (Å²) in [5.41, 5.74) is -0.596. The van der Waals surface area contributed by atoms with Crippen molar-refractivity contribution in [2.24, 2.45) is 4.99 Å². The molecular formula is C15H16F5N5. The molecule has 1 aromatic carbocycles. The van der Waals surface area contributed by atoms with Gasteiger partial charge in [0.15, 0.2) is 23.4 Å². The Morgan fingerprint density at radius 1 is 1.20 bits per heavy atom. The topological polar surface area (TPSA) is 65.1 Å². The van der Waals surface area contributed by atoms with Gasteiger partial charge in [-0.05, 0) is 31.5 Å². The van der Waals surface area contributed by atoms with Crippen LogP contribution in [0.1, 0.15) is 25.1 Å². The van der Waals surface area contributed by atoms with Gasteiger partial charge in [-0.25, -0.2) is 13.8 Å². The fourth-order valence-electron chi connectivity index (χ4n) is 1.86. The van der Waals surface area contributed by atoms with E-state index in [0.717, 1.165) is 18.2 Å². The molecule has 0 saturated carbocycles. The smallest absolute Gasteiger partial charge is 0.354 e. The first-order valence-corrected chi connectivity index (χ1v) is 7.29. The van der Waals surface area contributed by atoms with Gasteiger partial charge in [0.1, 0.15) is 5.69 Å². The van der Waals surface area contributed by atoms with E-state index in [0.29, 0.717) is 5.56 Å². The third-order valence-electron chi connectivity index (χ3n) is 2.96. The molecule has 1 heterocycles. The molecule has 25 heavy (non-hydrogen) atoms. The molecule has 0 saturated heterocycles. The van der Waals surface area contributed by atoms with Gasteiger partial charge in [-0.3, -0.25) is 5.10 Å². The average molecular weight is 361 g/mol. The minimum absolute atomic E-state index is 0.00416. The van der Waals surface area contributed by atoms with Crippen LogP contribution in [0.5, 0.6) is 0 Å². The first-order chi connectivity index (χ1) is 11.6. The summed E-state index contributed by atoms with van der Waals surface area (Å²) in [5, 5.41) is 10.9. The molecule has 0 spiro atoms. The molecule has 0 atom stereocenters. The van der Waals surface area contributed by atoms with E-state index >= 15 is 0 Å². The van der Waals surface area contributed by atoms with Gasteiger partial charge in [-0.2, -0.15) is 18.3 Å². The third kappa shape index (κ3) is 5.44. The maximum absolute atomic E-state index is 13.2. The number of aliphatic imine (C=N–C) groups is 1. The van der Waals surface area contributed by atoms with Crippen LogP contribution in [0.4, 0.5) is 27.8 Å². The summed E-state index contributed by atoms with van der Waals surface area (Å²) < 4.78 is 63.8. The van der Waals surface area contributed by atoms with Crippen LogP contribution < -0.4 is 10.6 Å². The summed E-state index contributed by atoms with van der Waals surface area (Å²) in [7, 11) is 0. The molecule has 0 aliphatic heterocycles. The summed E-state index contributed by atoms with van der Waals surface area (Å²) in [6.45, 7) is 3.61. The van der Waals surface area contributed by atoms with Crippen LogP contribution in [-0.2, 0) is 12.7 Å². The second-order valence-electron chi connectivity index (χ2n) is 5.50. The first-order valence-electron chi connectivity index (χ1n) is 7.29. The predicted octanol–water partition coefficient (Wildman–Crippen LogP) is 3.67. The Labute approximate surface area is 140 Å². The normalized spacial score (nSPS) is 12.6. The van der Waals surface area contributed by atoms with Crippen molar-refractivity contribution < 1.29 is 22.0 Å². The maximum Gasteiger partial charge on any atom is 0.432 e. The summed E-state index contributed by atoms with van der Waals surface area (Å²) in [5.74, 6) is -1.90. The number of benzene rings is 1. The van der Waals surface area contributed by atoms with Gasteiger partial charge in [-0.15, -0.1) is 0 Å². The molecule has 10 heteroatoms. The Bertz CT molecular complexity index is 751. The van der Waals surface area contributed by atoms with Gasteiger partial charge in [-0.1, -0.05) is 6.07 Å². The number of halogens is 5. The molecule has 0 bridgehead atoms. The zero-order valence-corrected chi connectivity index (χ0v) is 13.4. The van der Waals surface area contributed by atoms with E-state index in [2.05, 4.69) is 20.7 Å². The second-order valence-corrected chi connectivity index (χ2v) is 5.50. The highest BCUT2D eigenvalue weighted by Crippen LogP contribution is 2.28. The monoisotopic (exact) mass is 361 g/mol. The van der Waals surface area contributed by atoms with Gasteiger partial charge < -0.3 is 10.6 Å². The Hall–Kier alpha value is -2.65. The van der Waals surface area contributed by atoms with Gasteiger partial charge >= 0.3 is 6.18 Å². The number of nitrogens with one attached hydrogen (secondary N) is 3. The van der Waals surface area contributed by atoms with Gasteiger partial charge in [0.2, 0.25) is 0 Å². The van der Waals surface area contributed by atoms with Crippen LogP contribution in [0.3, 0.4) is 0 Å². The molecule has 5 nitrogen and oxygen atoms in total. The molecular weight excluding hydrogens is 345 g/mol. The number of rotatable bonds is 4. The van der Waals surface area contributed by atoms with Gasteiger partial charge in [0.25, 0.3) is 0 Å². The largest absolute Gasteiger partial charge is 0.432 e. The van der Waals surface area contributed by atoms with Crippen LogP contribution in [-0.4, -0.2) is 22.2 Å². The molecule has 3 N–H and O–H groups in total. The number of aromatic nitrogens is 2. The van der Waals surface area contributed by atoms with Crippen LogP contribution in [0, 0.1) is 11.6 Å². The lowest BCUT2D eigenvalue weighted by Gasteiger charge is -2.13. The SMILES string of the molecule is CC(C)NC(=NCc1ccc(F)c(F)c1)Nc1cc(C(F)(F)F)[nH]n1. The predicted molar refractivity (Wildman–Crippen MR) is 83.0 cm³/mol. The van der Waals surface area contributed by atoms with Crippen molar-refractivity contribution in [3.63, 3.8) is 0 Å². The molecule has 0 fully saturated rings. The second kappa shape index (κ2) is 7.49. The quantitative estimate of drug-likeness (QED) is 0.442. The first kappa shape index (κ1) is 18.7. The van der Waals surface area contributed by atoms with Gasteiger partial charge in [0.05, 0.1) is 6.54 Å². The summed E-state index contributed by atoms with van der Waals surface area (Å²) in [4.78, 5) is 4.14. The highest BCUT2D eigenvalue weighted by Gasteiger charge is 2.33. The molecule has 2 aromatic rings. The van der Waals surface area contributed by atoms with Crippen LogP contribution in [0.25, 0.3) is 0 Å². The lowest BCUT2D eigenvalue weighted by Crippen LogP contribution is -2.36. The summed E-state index contributed by atoms with van der Waals surface area (Å²) in [6.07, 6.45) is -4.54. The Morgan fingerprint density at radius 3 is 2.48 bits per heavy atom. The fraction of sp³-hybridized carbons (Fsp3) is 0.333. The van der Waals surface area contributed by atoms with Crippen LogP contribution in [0.2, 0.25) is 0 Å². The number of anilines is 1. The van der Waals surface area contributed by atoms with Gasteiger partial charge in [0, 0.05) is 12.1 Å². The molecule has 0 amide bonds. The van der Waals surface area contributed by atoms with Crippen molar-refractivity contribution in [3.8, 4) is 0 Å². The van der Waals surface area contributed by atoms with E-state index in [1.807, 2.05) is 5.10 Å². The highest BCUT2D eigenvalue weighted by atomic mass is 19.4. The molecule has 0 aliphatic rings. The summed E-state index contributed by atoms with van der Waals surface area (Å²) >= 11 is 0. The van der Waals surface area contributed by atoms with Crippen molar-refractivity contribution in [2.45, 2.75) is 32.6 Å². The van der Waals surface area contributed by atoms with E-state index in [1.54, 1.807) is 13.8 Å². The number of alkyl halides is 3. The Balaban J connectivity index is 2.14. The Kier molecular flexibility index (Phi) is 5.60. The lowest BCUT2D eigenvalue weighted by molar-refractivity contribution is -0.141. The minimum atomic E-state index is -4.54. The minimum Gasteiger partial charge on any atom is -0.354 e. The number of aromatic amines is 1. The van der Waals surface area contributed by atoms with Crippen molar-refractivity contribution in [3.05, 3.63) is 47.2 Å². The molecule has 0 aliphatic carbocycles. The summed E-state index contributed by atoms with van der Waals surface area (Å²) in [6, 6.07) is 4.08. The molecule has 2 rings (SSSR count). The van der Waals surface area contributed by atoms with E-state index in [4.69, 9.17) is 0 Å². The van der Waals surface area contributed by atoms with Crippen molar-refractivity contribution in [2.75, 3.05) is 5.32 Å². The van der Waals surface area contributed by atoms with E-state index < -0.39 is 23.5 Å². The number of hydrogen-bond donors (Lipinski definition) is 3. The maximum atomic E-state index is 13.2. The van der Waals surface area contributed by atoms with E-state index in [9.17, 15) is 22.0 Å². The zero-order chi connectivity index (χ0) is 18.6. The van der Waals surface area contributed by atoms with Crippen molar-refractivity contribution in [1.29, 1.82) is 0 Å². The Morgan fingerprint density at radius 2 is 1.92 bits per heavy atom. The fourth-order valence-corrected chi connectivity index (χ4v) is 1.86. The molecule has 136 valence electrons. The number of H-pyrrole nitrogens is 1. The molecule has 1 aromatic heterocycles. The van der Waals surface area contributed by atoms with E-state index in [1.165, 1.54) is 6.07 Å². The molecule has 0 radical (unpaired) electrons. The number of guanidine groups is 1. The molecule has 0 unspecified atom stereocenters. The third-order valence-corrected chi connectivity index (χ3v) is 2.96. The average Bonchev–Trinajstić information content (AvgIpc) is 2.96. The van der Waals surface area contributed by atoms with E-state index in [-0.39, 0.29) is 24.4 Å². The highest BCUT2D eigenvalue weighted by molar-refractivity contribution is 5.92.